The molecule has 5 aromatic carbocycles. The number of nitrogen functional groups attached to an aromatic ring is 1. The molecule has 3 amide bonds. The number of piperidine rings is 2. The highest BCUT2D eigenvalue weighted by atomic mass is 16.6. The normalized spacial score (nSPS) is 15.2. The quantitative estimate of drug-likeness (QED) is 0.0182. The van der Waals surface area contributed by atoms with Gasteiger partial charge in [0, 0.05) is 43.9 Å². The maximum absolute atomic E-state index is 14.6. The van der Waals surface area contributed by atoms with Crippen LogP contribution in [0.15, 0.2) is 128 Å². The second kappa shape index (κ2) is 40.2. The van der Waals surface area contributed by atoms with Crippen molar-refractivity contribution in [3.63, 3.8) is 0 Å². The largest absolute Gasteiger partial charge is 0.493 e. The fraction of sp³-hybridized carbons (Fsp3) is 0.461. The van der Waals surface area contributed by atoms with Crippen LogP contribution in [-0.4, -0.2) is 207 Å². The van der Waals surface area contributed by atoms with E-state index in [4.69, 9.17) is 72.4 Å². The number of fused-ring (bicyclic) bond motifs is 1. The molecule has 2 aromatic heterocycles. The Hall–Kier alpha value is -9.57. The number of aromatic nitrogens is 4. The lowest BCUT2D eigenvalue weighted by Gasteiger charge is -2.37. The van der Waals surface area contributed by atoms with Crippen LogP contribution in [0.1, 0.15) is 86.6 Å². The first-order chi connectivity index (χ1) is 49.8. The van der Waals surface area contributed by atoms with E-state index in [2.05, 4.69) is 32.1 Å². The van der Waals surface area contributed by atoms with Crippen molar-refractivity contribution in [3.8, 4) is 57.3 Å². The third-order valence-corrected chi connectivity index (χ3v) is 17.6. The van der Waals surface area contributed by atoms with Gasteiger partial charge in [-0.15, -0.1) is 0 Å². The van der Waals surface area contributed by atoms with Gasteiger partial charge in [-0.2, -0.15) is 5.10 Å². The minimum Gasteiger partial charge on any atom is -0.493 e. The molecular formula is C76H97N9O17. The van der Waals surface area contributed by atoms with Crippen molar-refractivity contribution in [1.29, 1.82) is 0 Å². The van der Waals surface area contributed by atoms with Crippen molar-refractivity contribution < 1.29 is 80.8 Å². The number of nitrogens with zero attached hydrogens (tertiary/aromatic N) is 6. The van der Waals surface area contributed by atoms with Crippen LogP contribution in [0.25, 0.3) is 22.3 Å². The van der Waals surface area contributed by atoms with Crippen molar-refractivity contribution in [2.45, 2.75) is 82.4 Å². The van der Waals surface area contributed by atoms with Crippen LogP contribution in [0.2, 0.25) is 0 Å². The van der Waals surface area contributed by atoms with E-state index in [1.54, 1.807) is 49.5 Å². The van der Waals surface area contributed by atoms with E-state index in [1.165, 1.54) is 27.7 Å². The number of ether oxygens (including phenoxy) is 13. The molecule has 2 aliphatic heterocycles. The number of aryl methyl sites for hydroxylation is 1. The summed E-state index contributed by atoms with van der Waals surface area (Å²) in [7, 11) is 7.73. The molecule has 26 nitrogen and oxygen atoms in total. The Morgan fingerprint density at radius 1 is 0.637 bits per heavy atom. The molecule has 548 valence electrons. The molecule has 0 spiro atoms. The van der Waals surface area contributed by atoms with E-state index < -0.39 is 24.0 Å². The van der Waals surface area contributed by atoms with Crippen molar-refractivity contribution in [2.24, 2.45) is 0 Å². The molecule has 2 saturated heterocycles. The molecule has 0 bridgehead atoms. The number of carbonyl (C=O) groups excluding carboxylic acids is 4. The minimum atomic E-state index is -0.821. The van der Waals surface area contributed by atoms with Crippen LogP contribution in [0.5, 0.6) is 46.0 Å². The van der Waals surface area contributed by atoms with Gasteiger partial charge in [0.15, 0.2) is 35.3 Å². The van der Waals surface area contributed by atoms with Crippen LogP contribution in [0.4, 0.5) is 5.82 Å². The van der Waals surface area contributed by atoms with E-state index in [0.29, 0.717) is 191 Å². The first-order valence-corrected chi connectivity index (χ1v) is 34.7. The first kappa shape index (κ1) is 76.6. The lowest BCUT2D eigenvalue weighted by atomic mass is 9.91. The van der Waals surface area contributed by atoms with Gasteiger partial charge in [-0.3, -0.25) is 19.3 Å². The summed E-state index contributed by atoms with van der Waals surface area (Å²) in [5.41, 5.74) is 11.4. The molecule has 2 unspecified atom stereocenters. The summed E-state index contributed by atoms with van der Waals surface area (Å²) >= 11 is 0. The molecule has 102 heavy (non-hydrogen) atoms. The molecule has 2 fully saturated rings. The van der Waals surface area contributed by atoms with Gasteiger partial charge in [0.1, 0.15) is 47.2 Å². The number of methoxy groups -OCH3 is 5. The summed E-state index contributed by atoms with van der Waals surface area (Å²) in [6, 6.07) is 32.8. The van der Waals surface area contributed by atoms with Crippen molar-refractivity contribution in [2.75, 3.05) is 153 Å². The zero-order valence-electron chi connectivity index (χ0n) is 59.4. The zero-order valence-corrected chi connectivity index (χ0v) is 59.4. The lowest BCUT2D eigenvalue weighted by molar-refractivity contribution is -0.162. The lowest BCUT2D eigenvalue weighted by Crippen LogP contribution is -2.50. The topological polar surface area (TPSA) is 288 Å². The van der Waals surface area contributed by atoms with Gasteiger partial charge < -0.3 is 82.8 Å². The Morgan fingerprint density at radius 3 is 1.94 bits per heavy atom. The van der Waals surface area contributed by atoms with Crippen LogP contribution >= 0.6 is 0 Å². The molecule has 9 rings (SSSR count). The molecule has 2 aliphatic rings. The highest BCUT2D eigenvalue weighted by Crippen LogP contribution is 2.42. The third kappa shape index (κ3) is 21.7. The summed E-state index contributed by atoms with van der Waals surface area (Å²) in [6.07, 6.45) is 5.76. The molecule has 26 heteroatoms. The highest BCUT2D eigenvalue weighted by Gasteiger charge is 2.38. The first-order valence-electron chi connectivity index (χ1n) is 34.7. The summed E-state index contributed by atoms with van der Waals surface area (Å²) in [4.78, 5) is 67.8. The number of nitrogens with one attached hydrogen (secondary N) is 2. The number of benzene rings is 5. The summed E-state index contributed by atoms with van der Waals surface area (Å²) < 4.78 is 76.4. The van der Waals surface area contributed by atoms with E-state index >= 15 is 0 Å². The number of amides is 3. The Labute approximate surface area is 596 Å². The van der Waals surface area contributed by atoms with Crippen LogP contribution in [0, 0.1) is 0 Å². The number of likely N-dealkylation sites (tertiary alicyclic amines) is 2. The van der Waals surface area contributed by atoms with E-state index in [9.17, 15) is 19.2 Å². The second-order valence-corrected chi connectivity index (χ2v) is 24.5. The van der Waals surface area contributed by atoms with Gasteiger partial charge in [0.2, 0.25) is 17.6 Å². The maximum Gasteiger partial charge on any atom is 0.329 e. The average Bonchev–Trinajstić information content (AvgIpc) is 1.60. The predicted molar refractivity (Wildman–Crippen MR) is 383 cm³/mol. The fourth-order valence-electron chi connectivity index (χ4n) is 12.4. The number of esters is 1. The molecule has 4 heterocycles. The van der Waals surface area contributed by atoms with Gasteiger partial charge >= 0.3 is 5.97 Å². The average molecular weight is 1410 g/mol. The SMILES string of the molecule is C=C(CN1CCC[C@@H](n2nc(-c3ccc(Oc4ccccc4)cc3)c3c(N)ncnc32)C1)C(=O)NCCOCCOCCOCCOCCOCCNC(=O)COc1cccc(C(CCc2ccc(OC)c(OC)c2)OC(=O)C2CCCCN2C(=O)[C@@H](CC)c2cc(OC)c(OC)c(OC)c2)c1. The number of carbonyl (C=O) groups is 4. The Balaban J connectivity index is 0.612. The van der Waals surface area contributed by atoms with Gasteiger partial charge in [-0.05, 0) is 147 Å². The van der Waals surface area contributed by atoms with Gasteiger partial charge in [0.05, 0.1) is 119 Å². The Bertz CT molecular complexity index is 3800. The summed E-state index contributed by atoms with van der Waals surface area (Å²) in [6.45, 7) is 12.1. The molecule has 0 radical (unpaired) electrons. The molecule has 0 aliphatic carbocycles. The molecule has 7 aromatic rings. The van der Waals surface area contributed by atoms with E-state index in [-0.39, 0.29) is 43.5 Å². The monoisotopic (exact) mass is 1410 g/mol. The highest BCUT2D eigenvalue weighted by molar-refractivity contribution is 5.98. The van der Waals surface area contributed by atoms with Crippen molar-refractivity contribution in [3.05, 3.63) is 144 Å². The van der Waals surface area contributed by atoms with Crippen LogP contribution in [0.3, 0.4) is 0 Å². The van der Waals surface area contributed by atoms with Crippen molar-refractivity contribution >= 4 is 40.5 Å². The number of hydrogen-bond donors (Lipinski definition) is 3. The second-order valence-electron chi connectivity index (χ2n) is 24.5. The van der Waals surface area contributed by atoms with Gasteiger partial charge in [-0.25, -0.2) is 19.4 Å². The number of rotatable bonds is 42. The fourth-order valence-corrected chi connectivity index (χ4v) is 12.4. The third-order valence-electron chi connectivity index (χ3n) is 17.6. The molecular weight excluding hydrogens is 1310 g/mol. The number of nitrogens with two attached hydrogens (primary N) is 1. The van der Waals surface area contributed by atoms with E-state index in [1.807, 2.05) is 90.5 Å². The predicted octanol–water partition coefficient (Wildman–Crippen LogP) is 9.29. The number of para-hydroxylation sites is 1. The molecule has 4 N–H and O–H groups in total. The molecule has 0 saturated carbocycles. The van der Waals surface area contributed by atoms with E-state index in [0.717, 1.165) is 49.1 Å². The molecule has 4 atom stereocenters. The zero-order chi connectivity index (χ0) is 72.0. The summed E-state index contributed by atoms with van der Waals surface area (Å²) in [5.74, 6) is 2.78. The Morgan fingerprint density at radius 2 is 1.28 bits per heavy atom. The van der Waals surface area contributed by atoms with Crippen molar-refractivity contribution in [1.82, 2.24) is 40.2 Å². The van der Waals surface area contributed by atoms with Gasteiger partial charge in [0.25, 0.3) is 5.91 Å². The maximum atomic E-state index is 14.6. The van der Waals surface area contributed by atoms with Crippen LogP contribution in [-0.2, 0) is 54.0 Å². The Kier molecular flexibility index (Phi) is 30.2. The standard InChI is InChI=1S/C76H97N9O17/c1-8-61(56-46-66(92-5)71(94-7)67(47-56)93-6)75(88)84-33-13-12-21-62(84)76(89)102-63(28-22-53-23-29-64(90-3)65(44-53)91-4)55-16-14-20-60(45-55)100-50-68(86)78-30-34-95-36-38-97-40-42-99-43-41-98-39-37-96-35-31-79-74(87)52(2)48-83-32-15-17-57(49-83)85-73-69(72(77)80-51-81-73)70(82-85)54-24-26-59(27-25-54)101-58-18-10-9-11-19-58/h9-11,14,16,18-20,23-27,29,44-47,51,57,61-63H,2,8,12-13,15,17,21-22,28,30-43,48-50H2,1,3-7H3,(H,78,86)(H,79,87)(H2,77,80,81)/t57-,61+,62?,63?/m1/s1. The number of anilines is 1. The van der Waals surface area contributed by atoms with Crippen LogP contribution < -0.4 is 49.5 Å². The number of hydrogen-bond acceptors (Lipinski definition) is 22. The minimum absolute atomic E-state index is 0.0106. The van der Waals surface area contributed by atoms with Gasteiger partial charge in [-0.1, -0.05) is 49.9 Å². The summed E-state index contributed by atoms with van der Waals surface area (Å²) in [5, 5.41) is 11.5. The smallest absolute Gasteiger partial charge is 0.329 e.